The molecule has 2 N–H and O–H groups in total. The number of nitrogens with zero attached hydrogens (tertiary/aromatic N) is 4. The molecule has 3 atom stereocenters. The van der Waals surface area contributed by atoms with Gasteiger partial charge in [0.15, 0.2) is 5.82 Å². The molecule has 2 aliphatic heterocycles. The Kier molecular flexibility index (Phi) is 6.95. The monoisotopic (exact) mass is 445 g/mol. The highest BCUT2D eigenvalue weighted by Gasteiger charge is 2.46. The molecule has 162 valence electrons. The number of fused-ring (bicyclic) bond motifs is 1. The Balaban J connectivity index is 0.000000318. The highest BCUT2D eigenvalue weighted by molar-refractivity contribution is 7.09. The van der Waals surface area contributed by atoms with E-state index in [0.29, 0.717) is 12.4 Å². The number of halogens is 3. The third-order valence-corrected chi connectivity index (χ3v) is 5.39. The first-order chi connectivity index (χ1) is 14.2. The number of aromatic nitrogens is 3. The number of hydrogen-bond acceptors (Lipinski definition) is 8. The van der Waals surface area contributed by atoms with E-state index in [-0.39, 0.29) is 23.8 Å². The van der Waals surface area contributed by atoms with Gasteiger partial charge in [-0.2, -0.15) is 13.2 Å². The Morgan fingerprint density at radius 3 is 2.63 bits per heavy atom. The quantitative estimate of drug-likeness (QED) is 0.730. The first kappa shape index (κ1) is 22.1. The lowest BCUT2D eigenvalue weighted by Crippen LogP contribution is -2.32. The van der Waals surface area contributed by atoms with E-state index in [4.69, 9.17) is 14.6 Å². The lowest BCUT2D eigenvalue weighted by molar-refractivity contribution is -0.192. The molecule has 2 aliphatic rings. The number of ether oxygens (including phenoxy) is 1. The summed E-state index contributed by atoms with van der Waals surface area (Å²) in [6.45, 7) is 3.03. The van der Waals surface area contributed by atoms with Crippen molar-refractivity contribution in [1.29, 1.82) is 0 Å². The molecule has 9 nitrogen and oxygen atoms in total. The first-order valence-electron chi connectivity index (χ1n) is 8.83. The summed E-state index contributed by atoms with van der Waals surface area (Å²) < 4.78 is 37.6. The maximum Gasteiger partial charge on any atom is 0.490 e. The minimum absolute atomic E-state index is 0.0332. The van der Waals surface area contributed by atoms with Crippen LogP contribution in [0.3, 0.4) is 0 Å². The number of aliphatic carboxylic acids is 1. The highest BCUT2D eigenvalue weighted by Crippen LogP contribution is 2.35. The number of carbonyl (C=O) groups excluding carboxylic acids is 1. The van der Waals surface area contributed by atoms with E-state index in [1.807, 2.05) is 11.6 Å². The van der Waals surface area contributed by atoms with Gasteiger partial charge in [-0.3, -0.25) is 14.7 Å². The van der Waals surface area contributed by atoms with Crippen molar-refractivity contribution in [3.05, 3.63) is 35.2 Å². The van der Waals surface area contributed by atoms with Crippen molar-refractivity contribution in [3.8, 4) is 0 Å². The van der Waals surface area contributed by atoms with E-state index >= 15 is 0 Å². The van der Waals surface area contributed by atoms with E-state index in [2.05, 4.69) is 25.2 Å². The molecule has 0 aromatic carbocycles. The number of nitrogens with one attached hydrogen (secondary N) is 1. The van der Waals surface area contributed by atoms with Gasteiger partial charge in [0.05, 0.1) is 31.4 Å². The average Bonchev–Trinajstić information content (AvgIpc) is 3.40. The molecule has 13 heteroatoms. The largest absolute Gasteiger partial charge is 0.490 e. The molecule has 30 heavy (non-hydrogen) atoms. The number of rotatable bonds is 4. The molecule has 4 heterocycles. The molecule has 0 bridgehead atoms. The van der Waals surface area contributed by atoms with E-state index < -0.39 is 12.1 Å². The maximum absolute atomic E-state index is 12.5. The van der Waals surface area contributed by atoms with Gasteiger partial charge in [0.2, 0.25) is 5.91 Å². The number of hydrogen-bond donors (Lipinski definition) is 2. The zero-order chi connectivity index (χ0) is 21.7. The number of anilines is 1. The second-order valence-corrected chi connectivity index (χ2v) is 7.62. The number of carbonyl (C=O) groups is 2. The van der Waals surface area contributed by atoms with Crippen molar-refractivity contribution < 1.29 is 32.6 Å². The van der Waals surface area contributed by atoms with Crippen molar-refractivity contribution in [2.24, 2.45) is 11.8 Å². The van der Waals surface area contributed by atoms with Crippen LogP contribution in [-0.2, 0) is 20.9 Å². The van der Waals surface area contributed by atoms with Gasteiger partial charge in [-0.25, -0.2) is 14.8 Å². The predicted molar refractivity (Wildman–Crippen MR) is 98.5 cm³/mol. The standard InChI is InChI=1S/C15H17N5O2S.C2HF3O2/c21-15(19-13-5-16-1-2-17-13)11-9-22-12-7-20(6-10(11)12)8-14-18-3-4-23-14;3-2(4,5)1(6)7/h1-5,10-12H,6-9H2,(H,17,19,21);(H,6,7)/t10-,11+,12-;/m1./s1. The SMILES string of the molecule is O=C(Nc1cnccn1)[C@H]1CO[C@@H]2CN(Cc3nccs3)C[C@H]12.O=C(O)C(F)(F)F. The summed E-state index contributed by atoms with van der Waals surface area (Å²) in [5.41, 5.74) is 0. The molecule has 1 amide bonds. The van der Waals surface area contributed by atoms with Gasteiger partial charge in [0.25, 0.3) is 0 Å². The van der Waals surface area contributed by atoms with Gasteiger partial charge in [-0.05, 0) is 0 Å². The van der Waals surface area contributed by atoms with Gasteiger partial charge >= 0.3 is 12.1 Å². The molecule has 0 unspecified atom stereocenters. The number of amides is 1. The van der Waals surface area contributed by atoms with Crippen LogP contribution in [0.15, 0.2) is 30.2 Å². The first-order valence-corrected chi connectivity index (χ1v) is 9.71. The Labute approximate surface area is 172 Å². The third kappa shape index (κ3) is 5.70. The van der Waals surface area contributed by atoms with Crippen LogP contribution in [0.2, 0.25) is 0 Å². The van der Waals surface area contributed by atoms with Gasteiger partial charge in [-0.1, -0.05) is 0 Å². The minimum Gasteiger partial charge on any atom is -0.475 e. The Morgan fingerprint density at radius 1 is 1.27 bits per heavy atom. The second-order valence-electron chi connectivity index (χ2n) is 6.64. The van der Waals surface area contributed by atoms with E-state index in [9.17, 15) is 18.0 Å². The van der Waals surface area contributed by atoms with Crippen LogP contribution in [0.4, 0.5) is 19.0 Å². The fourth-order valence-corrected chi connectivity index (χ4v) is 3.96. The molecule has 0 radical (unpaired) electrons. The number of likely N-dealkylation sites (tertiary alicyclic amines) is 1. The fraction of sp³-hybridized carbons (Fsp3) is 0.471. The summed E-state index contributed by atoms with van der Waals surface area (Å²) >= 11 is 1.66. The summed E-state index contributed by atoms with van der Waals surface area (Å²) in [7, 11) is 0. The van der Waals surface area contributed by atoms with Crippen LogP contribution in [0.5, 0.6) is 0 Å². The molecule has 2 aromatic heterocycles. The van der Waals surface area contributed by atoms with E-state index in [0.717, 1.165) is 24.6 Å². The summed E-state index contributed by atoms with van der Waals surface area (Å²) in [6.07, 6.45) is 1.57. The highest BCUT2D eigenvalue weighted by atomic mass is 32.1. The Hall–Kier alpha value is -2.64. The molecule has 4 rings (SSSR count). The Bertz CT molecular complexity index is 853. The minimum atomic E-state index is -5.08. The van der Waals surface area contributed by atoms with Crippen molar-refractivity contribution in [2.45, 2.75) is 18.8 Å². The predicted octanol–water partition coefficient (Wildman–Crippen LogP) is 1.65. The smallest absolute Gasteiger partial charge is 0.475 e. The normalized spacial score (nSPS) is 23.4. The van der Waals surface area contributed by atoms with Gasteiger partial charge in [0.1, 0.15) is 5.01 Å². The van der Waals surface area contributed by atoms with Gasteiger partial charge < -0.3 is 15.2 Å². The van der Waals surface area contributed by atoms with Crippen LogP contribution < -0.4 is 5.32 Å². The van der Waals surface area contributed by atoms with Crippen molar-refractivity contribution in [3.63, 3.8) is 0 Å². The summed E-state index contributed by atoms with van der Waals surface area (Å²) in [5, 5.41) is 13.0. The summed E-state index contributed by atoms with van der Waals surface area (Å²) in [5.74, 6) is -2.21. The molecule has 2 aromatic rings. The molecule has 2 fully saturated rings. The Morgan fingerprint density at radius 2 is 2.03 bits per heavy atom. The van der Waals surface area contributed by atoms with Crippen LogP contribution in [-0.4, -0.2) is 68.8 Å². The molecule has 2 saturated heterocycles. The van der Waals surface area contributed by atoms with Crippen molar-refractivity contribution in [1.82, 2.24) is 19.9 Å². The average molecular weight is 445 g/mol. The number of carboxylic acids is 1. The fourth-order valence-electron chi connectivity index (χ4n) is 3.30. The lowest BCUT2D eigenvalue weighted by atomic mass is 9.92. The summed E-state index contributed by atoms with van der Waals surface area (Å²) in [4.78, 5) is 36.1. The number of carboxylic acid groups (broad SMARTS) is 1. The van der Waals surface area contributed by atoms with Crippen LogP contribution in [0.1, 0.15) is 5.01 Å². The molecule has 0 aliphatic carbocycles. The molecule has 0 spiro atoms. The zero-order valence-corrected chi connectivity index (χ0v) is 16.3. The summed E-state index contributed by atoms with van der Waals surface area (Å²) in [6, 6.07) is 0. The van der Waals surface area contributed by atoms with Crippen LogP contribution >= 0.6 is 11.3 Å². The van der Waals surface area contributed by atoms with Gasteiger partial charge in [0, 0.05) is 43.0 Å². The molecular formula is C17H18F3N5O4S. The maximum atomic E-state index is 12.5. The lowest BCUT2D eigenvalue weighted by Gasteiger charge is -2.18. The number of alkyl halides is 3. The zero-order valence-electron chi connectivity index (χ0n) is 15.5. The molecule has 0 saturated carbocycles. The number of thiazole rings is 1. The van der Waals surface area contributed by atoms with Crippen LogP contribution in [0.25, 0.3) is 0 Å². The van der Waals surface area contributed by atoms with E-state index in [1.54, 1.807) is 29.9 Å². The van der Waals surface area contributed by atoms with E-state index in [1.165, 1.54) is 0 Å². The third-order valence-electron chi connectivity index (χ3n) is 4.63. The van der Waals surface area contributed by atoms with Crippen molar-refractivity contribution in [2.75, 3.05) is 25.0 Å². The van der Waals surface area contributed by atoms with Gasteiger partial charge in [-0.15, -0.1) is 11.3 Å². The second kappa shape index (κ2) is 9.45. The van der Waals surface area contributed by atoms with Crippen LogP contribution in [0, 0.1) is 11.8 Å². The topological polar surface area (TPSA) is 118 Å². The van der Waals surface area contributed by atoms with Crippen molar-refractivity contribution >= 4 is 29.0 Å². The molecular weight excluding hydrogens is 427 g/mol.